The van der Waals surface area contributed by atoms with Crippen molar-refractivity contribution >= 4 is 28.4 Å². The third-order valence-electron chi connectivity index (χ3n) is 5.56. The summed E-state index contributed by atoms with van der Waals surface area (Å²) in [5.74, 6) is -1.04. The average molecular weight is 470 g/mol. The van der Waals surface area contributed by atoms with E-state index in [-0.39, 0.29) is 23.4 Å². The van der Waals surface area contributed by atoms with Crippen LogP contribution in [0.2, 0.25) is 0 Å². The van der Waals surface area contributed by atoms with Crippen LogP contribution in [0.5, 0.6) is 5.75 Å². The molecule has 1 atom stereocenters. The van der Waals surface area contributed by atoms with Crippen LogP contribution in [0.3, 0.4) is 0 Å². The molecule has 2 amide bonds. The lowest BCUT2D eigenvalue weighted by Crippen LogP contribution is -2.46. The second kappa shape index (κ2) is 10.0. The number of nitrogens with two attached hydrogens (primary N) is 1. The van der Waals surface area contributed by atoms with Gasteiger partial charge in [0.1, 0.15) is 11.7 Å². The Bertz CT molecular complexity index is 1400. The molecule has 35 heavy (non-hydrogen) atoms. The zero-order valence-corrected chi connectivity index (χ0v) is 18.8. The Kier molecular flexibility index (Phi) is 6.68. The van der Waals surface area contributed by atoms with Crippen molar-refractivity contribution in [2.24, 2.45) is 5.73 Å². The highest BCUT2D eigenvalue weighted by atomic mass is 16.6. The number of aromatic nitrogens is 1. The molecule has 9 heteroatoms. The predicted molar refractivity (Wildman–Crippen MR) is 131 cm³/mol. The number of primary amides is 1. The molecule has 0 spiro atoms. The summed E-state index contributed by atoms with van der Waals surface area (Å²) < 4.78 is 5.62. The van der Waals surface area contributed by atoms with Crippen LogP contribution in [-0.2, 0) is 11.2 Å². The maximum Gasteiger partial charge on any atom is 0.269 e. The van der Waals surface area contributed by atoms with E-state index in [9.17, 15) is 19.7 Å². The summed E-state index contributed by atoms with van der Waals surface area (Å²) >= 11 is 0. The number of carbonyl (C=O) groups excluding carboxylic acids is 2. The van der Waals surface area contributed by atoms with Crippen LogP contribution in [0.1, 0.15) is 15.9 Å². The van der Waals surface area contributed by atoms with E-state index in [0.717, 1.165) is 5.56 Å². The largest absolute Gasteiger partial charge is 0.494 e. The van der Waals surface area contributed by atoms with Gasteiger partial charge in [-0.15, -0.1) is 0 Å². The molecule has 0 bridgehead atoms. The topological polar surface area (TPSA) is 137 Å². The molecule has 0 radical (unpaired) electrons. The monoisotopic (exact) mass is 470 g/mol. The first-order valence-electron chi connectivity index (χ1n) is 10.7. The highest BCUT2D eigenvalue weighted by molar-refractivity contribution is 6.11. The van der Waals surface area contributed by atoms with Crippen molar-refractivity contribution in [2.75, 3.05) is 7.11 Å². The Hall–Kier alpha value is -4.79. The van der Waals surface area contributed by atoms with Crippen LogP contribution in [0.25, 0.3) is 22.2 Å². The van der Waals surface area contributed by atoms with Crippen molar-refractivity contribution < 1.29 is 19.2 Å². The van der Waals surface area contributed by atoms with Crippen molar-refractivity contribution in [3.05, 3.63) is 100 Å². The number of carbonyl (C=O) groups is 2. The Morgan fingerprint density at radius 3 is 2.31 bits per heavy atom. The minimum absolute atomic E-state index is 0.0725. The molecule has 0 aliphatic heterocycles. The number of rotatable bonds is 8. The molecule has 0 saturated heterocycles. The molecule has 9 nitrogen and oxygen atoms in total. The Balaban J connectivity index is 1.80. The average Bonchev–Trinajstić information content (AvgIpc) is 2.87. The van der Waals surface area contributed by atoms with Gasteiger partial charge in [0.05, 0.1) is 23.1 Å². The minimum Gasteiger partial charge on any atom is -0.494 e. The van der Waals surface area contributed by atoms with Gasteiger partial charge in [-0.1, -0.05) is 48.5 Å². The number of para-hydroxylation sites is 1. The summed E-state index contributed by atoms with van der Waals surface area (Å²) in [6.45, 7) is 0. The lowest BCUT2D eigenvalue weighted by molar-refractivity contribution is -0.384. The van der Waals surface area contributed by atoms with Gasteiger partial charge in [-0.2, -0.15) is 0 Å². The van der Waals surface area contributed by atoms with E-state index in [1.165, 1.54) is 19.2 Å². The summed E-state index contributed by atoms with van der Waals surface area (Å²) in [7, 11) is 1.41. The minimum atomic E-state index is -0.954. The van der Waals surface area contributed by atoms with E-state index in [1.54, 1.807) is 36.4 Å². The Morgan fingerprint density at radius 1 is 1.03 bits per heavy atom. The quantitative estimate of drug-likeness (QED) is 0.298. The predicted octanol–water partition coefficient (Wildman–Crippen LogP) is 3.65. The second-order valence-electron chi connectivity index (χ2n) is 7.81. The number of ether oxygens (including phenoxy) is 1. The number of fused-ring (bicyclic) bond motifs is 1. The van der Waals surface area contributed by atoms with Gasteiger partial charge in [-0.25, -0.2) is 4.98 Å². The van der Waals surface area contributed by atoms with Gasteiger partial charge >= 0.3 is 0 Å². The number of nitro groups is 1. The molecule has 0 fully saturated rings. The van der Waals surface area contributed by atoms with Crippen molar-refractivity contribution in [3.63, 3.8) is 0 Å². The van der Waals surface area contributed by atoms with Crippen LogP contribution >= 0.6 is 0 Å². The zero-order valence-electron chi connectivity index (χ0n) is 18.8. The standard InChI is InChI=1S/C26H22N4O5/c1-35-24-22(26(32)29-21(25(27)31)15-16-7-3-2-4-8-16)19-9-5-6-10-20(19)28-23(24)17-11-13-18(14-12-17)30(33)34/h2-14,21H,15H2,1H3,(H2,27,31)(H,29,32)/t21-/m0/s1. The first-order chi connectivity index (χ1) is 16.9. The van der Waals surface area contributed by atoms with E-state index >= 15 is 0 Å². The second-order valence-corrected chi connectivity index (χ2v) is 7.81. The normalized spacial score (nSPS) is 11.6. The van der Waals surface area contributed by atoms with Gasteiger partial charge in [-0.3, -0.25) is 19.7 Å². The molecule has 3 aromatic carbocycles. The highest BCUT2D eigenvalue weighted by Gasteiger charge is 2.26. The Labute approximate surface area is 200 Å². The van der Waals surface area contributed by atoms with E-state index in [2.05, 4.69) is 10.3 Å². The number of benzene rings is 3. The smallest absolute Gasteiger partial charge is 0.269 e. The van der Waals surface area contributed by atoms with Gasteiger partial charge in [-0.05, 0) is 23.8 Å². The van der Waals surface area contributed by atoms with Crippen molar-refractivity contribution in [2.45, 2.75) is 12.5 Å². The molecule has 176 valence electrons. The first kappa shape index (κ1) is 23.4. The van der Waals surface area contributed by atoms with Crippen LogP contribution in [-0.4, -0.2) is 34.9 Å². The van der Waals surface area contributed by atoms with E-state index in [1.807, 2.05) is 30.3 Å². The number of hydrogen-bond acceptors (Lipinski definition) is 6. The maximum absolute atomic E-state index is 13.6. The first-order valence-corrected chi connectivity index (χ1v) is 10.7. The van der Waals surface area contributed by atoms with Crippen LogP contribution in [0.4, 0.5) is 5.69 Å². The molecule has 1 aromatic heterocycles. The highest BCUT2D eigenvalue weighted by Crippen LogP contribution is 2.36. The SMILES string of the molecule is COc1c(-c2ccc([N+](=O)[O-])cc2)nc2ccccc2c1C(=O)N[C@@H](Cc1ccccc1)C(N)=O. The number of non-ortho nitro benzene ring substituents is 1. The molecule has 0 unspecified atom stereocenters. The molecule has 1 heterocycles. The number of methoxy groups -OCH3 is 1. The lowest BCUT2D eigenvalue weighted by atomic mass is 10.00. The summed E-state index contributed by atoms with van der Waals surface area (Å²) in [6.07, 6.45) is 0.225. The van der Waals surface area contributed by atoms with Crippen molar-refractivity contribution in [3.8, 4) is 17.0 Å². The number of nitrogens with one attached hydrogen (secondary N) is 1. The summed E-state index contributed by atoms with van der Waals surface area (Å²) in [5.41, 5.74) is 7.94. The van der Waals surface area contributed by atoms with Crippen LogP contribution < -0.4 is 15.8 Å². The van der Waals surface area contributed by atoms with Gasteiger partial charge in [0.15, 0.2) is 5.75 Å². The molecular formula is C26H22N4O5. The third-order valence-corrected chi connectivity index (χ3v) is 5.56. The van der Waals surface area contributed by atoms with E-state index in [0.29, 0.717) is 22.2 Å². The van der Waals surface area contributed by atoms with E-state index in [4.69, 9.17) is 10.5 Å². The van der Waals surface area contributed by atoms with E-state index < -0.39 is 22.8 Å². The molecule has 3 N–H and O–H groups in total. The fourth-order valence-electron chi connectivity index (χ4n) is 3.86. The number of nitrogens with zero attached hydrogens (tertiary/aromatic N) is 2. The molecule has 4 rings (SSSR count). The lowest BCUT2D eigenvalue weighted by Gasteiger charge is -2.19. The summed E-state index contributed by atoms with van der Waals surface area (Å²) in [6, 6.07) is 21.1. The fraction of sp³-hybridized carbons (Fsp3) is 0.115. The number of pyridine rings is 1. The number of amides is 2. The summed E-state index contributed by atoms with van der Waals surface area (Å²) in [4.78, 5) is 40.9. The number of nitro benzene ring substituents is 1. The van der Waals surface area contributed by atoms with Crippen LogP contribution in [0.15, 0.2) is 78.9 Å². The fourth-order valence-corrected chi connectivity index (χ4v) is 3.86. The van der Waals surface area contributed by atoms with Gasteiger partial charge < -0.3 is 15.8 Å². The van der Waals surface area contributed by atoms with Gasteiger partial charge in [0.2, 0.25) is 5.91 Å². The zero-order chi connectivity index (χ0) is 24.9. The summed E-state index contributed by atoms with van der Waals surface area (Å²) in [5, 5.41) is 14.3. The third kappa shape index (κ3) is 4.93. The van der Waals surface area contributed by atoms with Crippen molar-refractivity contribution in [1.29, 1.82) is 0 Å². The molecular weight excluding hydrogens is 448 g/mol. The molecule has 0 aliphatic carbocycles. The molecule has 0 saturated carbocycles. The van der Waals surface area contributed by atoms with Crippen LogP contribution in [0, 0.1) is 10.1 Å². The number of hydrogen-bond donors (Lipinski definition) is 2. The van der Waals surface area contributed by atoms with Gasteiger partial charge in [0, 0.05) is 29.5 Å². The molecule has 0 aliphatic rings. The molecule has 4 aromatic rings. The Morgan fingerprint density at radius 2 is 1.69 bits per heavy atom. The maximum atomic E-state index is 13.6. The van der Waals surface area contributed by atoms with Gasteiger partial charge in [0.25, 0.3) is 11.6 Å². The van der Waals surface area contributed by atoms with Crippen molar-refractivity contribution in [1.82, 2.24) is 10.3 Å².